The molecule has 1 saturated heterocycles. The average molecular weight is 493 g/mol. The number of anilines is 1. The second kappa shape index (κ2) is 9.24. The normalized spacial score (nSPS) is 15.2. The zero-order chi connectivity index (χ0) is 21.8. The molecule has 3 aromatic carbocycles. The van der Waals surface area contributed by atoms with Gasteiger partial charge in [0.1, 0.15) is 17.9 Å². The molecule has 0 unspecified atom stereocenters. The summed E-state index contributed by atoms with van der Waals surface area (Å²) in [5.74, 6) is -0.287. The van der Waals surface area contributed by atoms with Crippen molar-refractivity contribution in [3.05, 3.63) is 100 Å². The highest BCUT2D eigenvalue weighted by Crippen LogP contribution is 2.23. The van der Waals surface area contributed by atoms with Crippen molar-refractivity contribution in [1.29, 1.82) is 0 Å². The van der Waals surface area contributed by atoms with E-state index in [0.717, 1.165) is 10.0 Å². The molecular formula is C24H17BrN2O3S. The molecule has 31 heavy (non-hydrogen) atoms. The third kappa shape index (κ3) is 4.90. The lowest BCUT2D eigenvalue weighted by Gasteiger charge is -2.28. The van der Waals surface area contributed by atoms with E-state index in [1.807, 2.05) is 30.3 Å². The van der Waals surface area contributed by atoms with Gasteiger partial charge in [-0.3, -0.25) is 19.8 Å². The summed E-state index contributed by atoms with van der Waals surface area (Å²) in [6.07, 6.45) is 1.55. The number of nitrogens with zero attached hydrogens (tertiary/aromatic N) is 1. The number of thiocarbonyl (C=S) groups is 1. The number of carbonyl (C=O) groups is 2. The highest BCUT2D eigenvalue weighted by Gasteiger charge is 2.34. The van der Waals surface area contributed by atoms with Gasteiger partial charge in [-0.15, -0.1) is 0 Å². The molecule has 154 valence electrons. The Morgan fingerprint density at radius 1 is 0.935 bits per heavy atom. The van der Waals surface area contributed by atoms with Crippen LogP contribution < -0.4 is 15.0 Å². The second-order valence-electron chi connectivity index (χ2n) is 6.78. The number of amides is 2. The van der Waals surface area contributed by atoms with Crippen LogP contribution in [0.4, 0.5) is 5.69 Å². The maximum absolute atomic E-state index is 13.0. The van der Waals surface area contributed by atoms with Gasteiger partial charge in [-0.2, -0.15) is 0 Å². The maximum Gasteiger partial charge on any atom is 0.270 e. The van der Waals surface area contributed by atoms with Crippen LogP contribution in [0.5, 0.6) is 5.75 Å². The van der Waals surface area contributed by atoms with Crippen LogP contribution in [0.2, 0.25) is 0 Å². The Kier molecular flexibility index (Phi) is 6.25. The molecule has 0 spiro atoms. The van der Waals surface area contributed by atoms with Crippen LogP contribution in [0, 0.1) is 0 Å². The summed E-state index contributed by atoms with van der Waals surface area (Å²) in [7, 11) is 0. The number of rotatable bonds is 5. The first-order valence-electron chi connectivity index (χ1n) is 9.45. The van der Waals surface area contributed by atoms with E-state index in [1.165, 1.54) is 4.90 Å². The summed E-state index contributed by atoms with van der Waals surface area (Å²) >= 11 is 8.61. The lowest BCUT2D eigenvalue weighted by atomic mass is 10.1. The third-order valence-corrected chi connectivity index (χ3v) is 5.44. The van der Waals surface area contributed by atoms with Crippen LogP contribution in [0.25, 0.3) is 6.08 Å². The monoisotopic (exact) mass is 492 g/mol. The van der Waals surface area contributed by atoms with Gasteiger partial charge in [-0.1, -0.05) is 58.4 Å². The van der Waals surface area contributed by atoms with Gasteiger partial charge in [-0.05, 0) is 65.8 Å². The van der Waals surface area contributed by atoms with Crippen LogP contribution in [0.1, 0.15) is 11.1 Å². The molecule has 0 aliphatic carbocycles. The highest BCUT2D eigenvalue weighted by molar-refractivity contribution is 9.10. The maximum atomic E-state index is 13.0. The molecule has 1 aliphatic rings. The van der Waals surface area contributed by atoms with Crippen molar-refractivity contribution in [3.63, 3.8) is 0 Å². The van der Waals surface area contributed by atoms with Gasteiger partial charge in [0.15, 0.2) is 5.11 Å². The molecule has 1 heterocycles. The molecule has 0 aromatic heterocycles. The van der Waals surface area contributed by atoms with Gasteiger partial charge < -0.3 is 4.74 Å². The van der Waals surface area contributed by atoms with E-state index in [0.29, 0.717) is 23.6 Å². The molecule has 3 aromatic rings. The zero-order valence-electron chi connectivity index (χ0n) is 16.2. The lowest BCUT2D eigenvalue weighted by Crippen LogP contribution is -2.54. The first-order valence-corrected chi connectivity index (χ1v) is 10.7. The van der Waals surface area contributed by atoms with Gasteiger partial charge in [-0.25, -0.2) is 0 Å². The van der Waals surface area contributed by atoms with E-state index in [4.69, 9.17) is 17.0 Å². The quantitative estimate of drug-likeness (QED) is 0.314. The first-order chi connectivity index (χ1) is 15.0. The van der Waals surface area contributed by atoms with Crippen LogP contribution in [-0.2, 0) is 16.2 Å². The SMILES string of the molecule is O=C1NC(=S)N(c2ccccc2)C(=O)/C1=C\c1ccc(OCc2ccc(Br)cc2)cc1. The summed E-state index contributed by atoms with van der Waals surface area (Å²) < 4.78 is 6.82. The smallest absolute Gasteiger partial charge is 0.270 e. The Bertz CT molecular complexity index is 1160. The average Bonchev–Trinajstić information content (AvgIpc) is 2.78. The van der Waals surface area contributed by atoms with Gasteiger partial charge in [0.2, 0.25) is 0 Å². The topological polar surface area (TPSA) is 58.6 Å². The first kappa shape index (κ1) is 21.0. The number of halogens is 1. The fourth-order valence-electron chi connectivity index (χ4n) is 3.04. The van der Waals surface area contributed by atoms with Crippen LogP contribution in [-0.4, -0.2) is 16.9 Å². The molecule has 5 nitrogen and oxygen atoms in total. The Morgan fingerprint density at radius 2 is 1.61 bits per heavy atom. The van der Waals surface area contributed by atoms with Gasteiger partial charge in [0, 0.05) is 4.47 Å². The summed E-state index contributed by atoms with van der Waals surface area (Å²) in [5, 5.41) is 2.65. The second-order valence-corrected chi connectivity index (χ2v) is 8.08. The van der Waals surface area contributed by atoms with Crippen molar-refractivity contribution in [2.75, 3.05) is 4.90 Å². The van der Waals surface area contributed by atoms with Crippen molar-refractivity contribution in [1.82, 2.24) is 5.32 Å². The van der Waals surface area contributed by atoms with E-state index >= 15 is 0 Å². The Labute approximate surface area is 193 Å². The standard InChI is InChI=1S/C24H17BrN2O3S/c25-18-10-6-17(7-11-18)15-30-20-12-8-16(9-13-20)14-21-22(28)26-24(31)27(23(21)29)19-4-2-1-3-5-19/h1-14H,15H2,(H,26,28,31)/b21-14-. The van der Waals surface area contributed by atoms with E-state index in [-0.39, 0.29) is 10.7 Å². The molecule has 1 N–H and O–H groups in total. The molecule has 1 aliphatic heterocycles. The van der Waals surface area contributed by atoms with Crippen LogP contribution in [0.15, 0.2) is 88.9 Å². The van der Waals surface area contributed by atoms with Crippen LogP contribution in [0.3, 0.4) is 0 Å². The predicted octanol–water partition coefficient (Wildman–Crippen LogP) is 4.86. The number of nitrogens with one attached hydrogen (secondary N) is 1. The lowest BCUT2D eigenvalue weighted by molar-refractivity contribution is -0.122. The molecule has 7 heteroatoms. The number of benzene rings is 3. The number of hydrogen-bond donors (Lipinski definition) is 1. The van der Waals surface area contributed by atoms with Crippen LogP contribution >= 0.6 is 28.1 Å². The number of para-hydroxylation sites is 1. The summed E-state index contributed by atoms with van der Waals surface area (Å²) in [4.78, 5) is 26.7. The van der Waals surface area contributed by atoms with Crippen molar-refractivity contribution >= 4 is 56.8 Å². The van der Waals surface area contributed by atoms with Crippen molar-refractivity contribution in [2.45, 2.75) is 6.61 Å². The number of ether oxygens (including phenoxy) is 1. The van der Waals surface area contributed by atoms with Gasteiger partial charge >= 0.3 is 0 Å². The zero-order valence-corrected chi connectivity index (χ0v) is 18.7. The third-order valence-electron chi connectivity index (χ3n) is 4.63. The molecule has 0 saturated carbocycles. The van der Waals surface area contributed by atoms with E-state index in [9.17, 15) is 9.59 Å². The van der Waals surface area contributed by atoms with Crippen molar-refractivity contribution in [2.24, 2.45) is 0 Å². The van der Waals surface area contributed by atoms with E-state index < -0.39 is 11.8 Å². The fourth-order valence-corrected chi connectivity index (χ4v) is 3.59. The molecule has 0 atom stereocenters. The molecule has 1 fully saturated rings. The minimum Gasteiger partial charge on any atom is -0.489 e. The summed E-state index contributed by atoms with van der Waals surface area (Å²) in [6.45, 7) is 0.443. The van der Waals surface area contributed by atoms with E-state index in [2.05, 4.69) is 21.2 Å². The van der Waals surface area contributed by atoms with Crippen molar-refractivity contribution < 1.29 is 14.3 Å². The predicted molar refractivity (Wildman–Crippen MR) is 128 cm³/mol. The number of carbonyl (C=O) groups excluding carboxylic acids is 2. The molecular weight excluding hydrogens is 476 g/mol. The Hall–Kier alpha value is -3.29. The Balaban J connectivity index is 1.50. The largest absolute Gasteiger partial charge is 0.489 e. The molecule has 2 amide bonds. The summed E-state index contributed by atoms with van der Waals surface area (Å²) in [6, 6.07) is 24.1. The molecule has 4 rings (SSSR count). The number of hydrogen-bond acceptors (Lipinski definition) is 4. The van der Waals surface area contributed by atoms with Gasteiger partial charge in [0.25, 0.3) is 11.8 Å². The minimum absolute atomic E-state index is 0.0148. The fraction of sp³-hybridized carbons (Fsp3) is 0.0417. The Morgan fingerprint density at radius 3 is 2.29 bits per heavy atom. The minimum atomic E-state index is -0.516. The van der Waals surface area contributed by atoms with Gasteiger partial charge in [0.05, 0.1) is 5.69 Å². The highest BCUT2D eigenvalue weighted by atomic mass is 79.9. The van der Waals surface area contributed by atoms with Crippen molar-refractivity contribution in [3.8, 4) is 5.75 Å². The van der Waals surface area contributed by atoms with E-state index in [1.54, 1.807) is 54.6 Å². The molecule has 0 bridgehead atoms. The summed E-state index contributed by atoms with van der Waals surface area (Å²) in [5.41, 5.74) is 2.37. The molecule has 0 radical (unpaired) electrons.